The maximum Gasteiger partial charge on any atom is 0.307 e. The topological polar surface area (TPSA) is 66.4 Å². The van der Waals surface area contributed by atoms with Gasteiger partial charge in [0.25, 0.3) is 0 Å². The average molecular weight is 474 g/mol. The Bertz CT molecular complexity index is 599. The van der Waals surface area contributed by atoms with Crippen LogP contribution in [0, 0.1) is 11.8 Å². The predicted molar refractivity (Wildman–Crippen MR) is 94.4 cm³/mol. The largest absolute Gasteiger partial charge is 0.481 e. The van der Waals surface area contributed by atoms with Gasteiger partial charge in [-0.1, -0.05) is 55.1 Å². The number of hydrogen-bond donors (Lipinski definition) is 2. The van der Waals surface area contributed by atoms with Crippen molar-refractivity contribution in [3.05, 3.63) is 28.2 Å². The fourth-order valence-electron chi connectivity index (χ4n) is 2.48. The minimum Gasteiger partial charge on any atom is -0.481 e. The van der Waals surface area contributed by atoms with Gasteiger partial charge in [-0.25, -0.2) is 0 Å². The molecule has 1 aliphatic rings. The number of nitrogens with one attached hydrogen (secondary N) is 1. The van der Waals surface area contributed by atoms with Gasteiger partial charge < -0.3 is 10.4 Å². The van der Waals surface area contributed by atoms with Gasteiger partial charge in [0, 0.05) is 15.3 Å². The zero-order valence-corrected chi connectivity index (χ0v) is 15.9. The van der Waals surface area contributed by atoms with Gasteiger partial charge in [-0.2, -0.15) is 0 Å². The van der Waals surface area contributed by atoms with Gasteiger partial charge in [-0.05, 0) is 31.0 Å². The number of aliphatic carboxylic acids is 1. The predicted octanol–water partition coefficient (Wildman–Crippen LogP) is 4.57. The summed E-state index contributed by atoms with van der Waals surface area (Å²) in [5.41, 5.74) is 0.496. The molecule has 8 heteroatoms. The first-order valence-corrected chi connectivity index (χ1v) is 9.15. The lowest BCUT2D eigenvalue weighted by atomic mass is 9.78. The van der Waals surface area contributed by atoms with Crippen LogP contribution < -0.4 is 5.32 Å². The number of alkyl halides is 2. The molecular weight excluding hydrogens is 461 g/mol. The van der Waals surface area contributed by atoms with Gasteiger partial charge in [0.15, 0.2) is 0 Å². The molecule has 0 spiro atoms. The second-order valence-corrected chi connectivity index (χ2v) is 8.34. The minimum atomic E-state index is -0.960. The highest BCUT2D eigenvalue weighted by Gasteiger charge is 2.42. The van der Waals surface area contributed by atoms with E-state index < -0.39 is 17.8 Å². The molecule has 22 heavy (non-hydrogen) atoms. The zero-order valence-electron chi connectivity index (χ0n) is 11.2. The summed E-state index contributed by atoms with van der Waals surface area (Å²) in [5, 5.41) is 12.8. The molecule has 1 aromatic carbocycles. The number of anilines is 1. The van der Waals surface area contributed by atoms with Crippen molar-refractivity contribution in [1.82, 2.24) is 0 Å². The summed E-state index contributed by atoms with van der Waals surface area (Å²) < 4.78 is 0. The second kappa shape index (κ2) is 7.51. The lowest BCUT2D eigenvalue weighted by Crippen LogP contribution is -2.42. The molecule has 0 heterocycles. The van der Waals surface area contributed by atoms with Gasteiger partial charge in [-0.3, -0.25) is 9.59 Å². The monoisotopic (exact) mass is 471 g/mol. The molecule has 0 bridgehead atoms. The van der Waals surface area contributed by atoms with E-state index in [0.29, 0.717) is 28.6 Å². The Balaban J connectivity index is 2.15. The van der Waals surface area contributed by atoms with Crippen LogP contribution in [0.15, 0.2) is 18.2 Å². The normalized spacial score (nSPS) is 28.2. The van der Waals surface area contributed by atoms with Crippen LogP contribution in [-0.4, -0.2) is 26.6 Å². The molecule has 1 fully saturated rings. The van der Waals surface area contributed by atoms with E-state index in [1.807, 2.05) is 0 Å². The van der Waals surface area contributed by atoms with Gasteiger partial charge in [0.05, 0.1) is 21.9 Å². The van der Waals surface area contributed by atoms with Crippen LogP contribution in [-0.2, 0) is 9.59 Å². The molecule has 1 aromatic rings. The lowest BCUT2D eigenvalue weighted by Gasteiger charge is -2.34. The number of amides is 1. The SMILES string of the molecule is O=C(O)[C@H]1C[C@@H](Br)[C@H](Br)C[C@@H]1C(=O)Nc1ccc(Cl)c(Cl)c1. The Labute approximate surface area is 154 Å². The summed E-state index contributed by atoms with van der Waals surface area (Å²) in [6.45, 7) is 0. The second-order valence-electron chi connectivity index (χ2n) is 5.17. The highest BCUT2D eigenvalue weighted by Crippen LogP contribution is 2.38. The molecule has 0 aromatic heterocycles. The van der Waals surface area contributed by atoms with E-state index in [1.165, 1.54) is 0 Å². The van der Waals surface area contributed by atoms with Crippen LogP contribution in [0.3, 0.4) is 0 Å². The maximum atomic E-state index is 12.4. The third-order valence-corrected chi connectivity index (χ3v) is 7.15. The first kappa shape index (κ1) is 18.0. The van der Waals surface area contributed by atoms with Crippen molar-refractivity contribution in [3.8, 4) is 0 Å². The first-order valence-electron chi connectivity index (χ1n) is 6.56. The van der Waals surface area contributed by atoms with Crippen molar-refractivity contribution in [2.45, 2.75) is 22.5 Å². The number of halogens is 4. The van der Waals surface area contributed by atoms with Crippen molar-refractivity contribution in [1.29, 1.82) is 0 Å². The summed E-state index contributed by atoms with van der Waals surface area (Å²) >= 11 is 18.7. The van der Waals surface area contributed by atoms with Crippen molar-refractivity contribution in [3.63, 3.8) is 0 Å². The molecule has 1 amide bonds. The third kappa shape index (κ3) is 4.16. The van der Waals surface area contributed by atoms with Gasteiger partial charge in [-0.15, -0.1) is 0 Å². The first-order chi connectivity index (χ1) is 10.3. The summed E-state index contributed by atoms with van der Waals surface area (Å²) in [6, 6.07) is 4.75. The number of benzene rings is 1. The lowest BCUT2D eigenvalue weighted by molar-refractivity contribution is -0.147. The van der Waals surface area contributed by atoms with E-state index >= 15 is 0 Å². The number of carboxylic acid groups (broad SMARTS) is 1. The average Bonchev–Trinajstić information content (AvgIpc) is 2.45. The van der Waals surface area contributed by atoms with Gasteiger partial charge in [0.1, 0.15) is 0 Å². The van der Waals surface area contributed by atoms with E-state index in [2.05, 4.69) is 37.2 Å². The van der Waals surface area contributed by atoms with Crippen LogP contribution in [0.5, 0.6) is 0 Å². The molecule has 1 aliphatic carbocycles. The highest BCUT2D eigenvalue weighted by atomic mass is 79.9. The summed E-state index contributed by atoms with van der Waals surface area (Å²) in [5.74, 6) is -2.61. The Morgan fingerprint density at radius 2 is 1.68 bits per heavy atom. The van der Waals surface area contributed by atoms with Crippen LogP contribution >= 0.6 is 55.1 Å². The van der Waals surface area contributed by atoms with Gasteiger partial charge >= 0.3 is 5.97 Å². The number of hydrogen-bond acceptors (Lipinski definition) is 2. The standard InChI is InChI=1S/C14H13Br2Cl2NO3/c15-9-4-7(8(14(21)22)5-10(9)16)13(20)19-6-1-2-11(17)12(18)3-6/h1-3,7-10H,4-5H2,(H,19,20)(H,21,22)/t7-,8-,9+,10+/m0/s1. The molecule has 0 unspecified atom stereocenters. The zero-order chi connectivity index (χ0) is 16.4. The molecule has 0 radical (unpaired) electrons. The molecule has 0 saturated heterocycles. The van der Waals surface area contributed by atoms with Crippen LogP contribution in [0.4, 0.5) is 5.69 Å². The van der Waals surface area contributed by atoms with Crippen LogP contribution in [0.25, 0.3) is 0 Å². The molecule has 120 valence electrons. The van der Waals surface area contributed by atoms with E-state index in [4.69, 9.17) is 23.2 Å². The molecule has 4 atom stereocenters. The van der Waals surface area contributed by atoms with E-state index in [9.17, 15) is 14.7 Å². The fraction of sp³-hybridized carbons (Fsp3) is 0.429. The van der Waals surface area contributed by atoms with Crippen molar-refractivity contribution < 1.29 is 14.7 Å². The fourth-order valence-corrected chi connectivity index (χ4v) is 4.02. The highest BCUT2D eigenvalue weighted by molar-refractivity contribution is 9.12. The summed E-state index contributed by atoms with van der Waals surface area (Å²) in [4.78, 5) is 23.9. The number of carbonyl (C=O) groups excluding carboxylic acids is 1. The molecule has 0 aliphatic heterocycles. The Kier molecular flexibility index (Phi) is 6.16. The quantitative estimate of drug-likeness (QED) is 0.632. The van der Waals surface area contributed by atoms with Crippen LogP contribution in [0.1, 0.15) is 12.8 Å². The van der Waals surface area contributed by atoms with Crippen LogP contribution in [0.2, 0.25) is 10.0 Å². The van der Waals surface area contributed by atoms with Crippen molar-refractivity contribution in [2.75, 3.05) is 5.32 Å². The number of rotatable bonds is 3. The molecule has 2 N–H and O–H groups in total. The number of carbonyl (C=O) groups is 2. The smallest absolute Gasteiger partial charge is 0.307 e. The van der Waals surface area contributed by atoms with E-state index in [0.717, 1.165) is 0 Å². The summed E-state index contributed by atoms with van der Waals surface area (Å²) in [7, 11) is 0. The van der Waals surface area contributed by atoms with Crippen molar-refractivity contribution in [2.24, 2.45) is 11.8 Å². The third-order valence-electron chi connectivity index (χ3n) is 3.68. The molecule has 2 rings (SSSR count). The maximum absolute atomic E-state index is 12.4. The number of carboxylic acids is 1. The van der Waals surface area contributed by atoms with Gasteiger partial charge in [0.2, 0.25) is 5.91 Å². The van der Waals surface area contributed by atoms with E-state index in [1.54, 1.807) is 18.2 Å². The van der Waals surface area contributed by atoms with Crippen molar-refractivity contribution >= 4 is 72.6 Å². The Morgan fingerprint density at radius 1 is 1.09 bits per heavy atom. The Hall–Kier alpha value is -0.300. The molecule has 1 saturated carbocycles. The Morgan fingerprint density at radius 3 is 2.23 bits per heavy atom. The molecular formula is C14H13Br2Cl2NO3. The summed E-state index contributed by atoms with van der Waals surface area (Å²) in [6.07, 6.45) is 0.838. The minimum absolute atomic E-state index is 0.0302. The molecule has 4 nitrogen and oxygen atoms in total. The van der Waals surface area contributed by atoms with E-state index in [-0.39, 0.29) is 15.6 Å².